The molecule has 6 heteroatoms. The molecule has 3 atom stereocenters. The van der Waals surface area contributed by atoms with Crippen LogP contribution in [0.4, 0.5) is 13.2 Å². The van der Waals surface area contributed by atoms with Gasteiger partial charge in [0.15, 0.2) is 0 Å². The highest BCUT2D eigenvalue weighted by molar-refractivity contribution is 5.27. The van der Waals surface area contributed by atoms with Crippen molar-refractivity contribution in [1.29, 1.82) is 0 Å². The van der Waals surface area contributed by atoms with Crippen LogP contribution in [0.15, 0.2) is 24.3 Å². The molecule has 1 aromatic rings. The molecule has 2 rings (SSSR count). The molecule has 0 saturated carbocycles. The lowest BCUT2D eigenvalue weighted by Gasteiger charge is -2.36. The number of hydrogen-bond donors (Lipinski definition) is 1. The predicted octanol–water partition coefficient (Wildman–Crippen LogP) is 2.85. The van der Waals surface area contributed by atoms with Gasteiger partial charge in [-0.15, -0.1) is 0 Å². The first-order valence-corrected chi connectivity index (χ1v) is 6.98. The fourth-order valence-corrected chi connectivity index (χ4v) is 2.71. The standard InChI is InChI=1S/C15H20F3NO2/c1-10-7-19(8-11(2)21-10)9-14(20)12-4-3-5-13(6-12)15(16,17)18/h3-6,10-11,14,20H,7-9H2,1-2H3. The maximum atomic E-state index is 12.7. The van der Waals surface area contributed by atoms with Gasteiger partial charge in [-0.3, -0.25) is 4.90 Å². The average molecular weight is 303 g/mol. The van der Waals surface area contributed by atoms with Gasteiger partial charge in [-0.25, -0.2) is 0 Å². The predicted molar refractivity (Wildman–Crippen MR) is 72.9 cm³/mol. The van der Waals surface area contributed by atoms with E-state index in [1.165, 1.54) is 12.1 Å². The molecule has 3 nitrogen and oxygen atoms in total. The summed E-state index contributed by atoms with van der Waals surface area (Å²) in [5.41, 5.74) is -0.445. The first-order chi connectivity index (χ1) is 9.75. The Morgan fingerprint density at radius 3 is 2.48 bits per heavy atom. The summed E-state index contributed by atoms with van der Waals surface area (Å²) >= 11 is 0. The van der Waals surface area contributed by atoms with Crippen LogP contribution in [0.5, 0.6) is 0 Å². The van der Waals surface area contributed by atoms with Crippen molar-refractivity contribution >= 4 is 0 Å². The quantitative estimate of drug-likeness (QED) is 0.932. The minimum Gasteiger partial charge on any atom is -0.387 e. The van der Waals surface area contributed by atoms with Gasteiger partial charge in [0.1, 0.15) is 0 Å². The molecule has 0 aliphatic carbocycles. The van der Waals surface area contributed by atoms with Crippen molar-refractivity contribution in [2.45, 2.75) is 38.3 Å². The second-order valence-electron chi connectivity index (χ2n) is 5.61. The summed E-state index contributed by atoms with van der Waals surface area (Å²) in [6.07, 6.45) is -5.22. The number of aliphatic hydroxyl groups is 1. The summed E-state index contributed by atoms with van der Waals surface area (Å²) in [5, 5.41) is 10.2. The highest BCUT2D eigenvalue weighted by Gasteiger charge is 2.31. The second kappa shape index (κ2) is 6.34. The van der Waals surface area contributed by atoms with E-state index >= 15 is 0 Å². The lowest BCUT2D eigenvalue weighted by atomic mass is 10.0. The Morgan fingerprint density at radius 2 is 1.90 bits per heavy atom. The summed E-state index contributed by atoms with van der Waals surface area (Å²) in [6, 6.07) is 4.87. The van der Waals surface area contributed by atoms with Crippen molar-refractivity contribution in [3.05, 3.63) is 35.4 Å². The van der Waals surface area contributed by atoms with Crippen molar-refractivity contribution in [2.75, 3.05) is 19.6 Å². The molecule has 1 heterocycles. The van der Waals surface area contributed by atoms with E-state index in [9.17, 15) is 18.3 Å². The Bertz CT molecular complexity index is 468. The second-order valence-corrected chi connectivity index (χ2v) is 5.61. The van der Waals surface area contributed by atoms with Gasteiger partial charge in [0.25, 0.3) is 0 Å². The van der Waals surface area contributed by atoms with E-state index in [1.807, 2.05) is 18.7 Å². The number of nitrogens with zero attached hydrogens (tertiary/aromatic N) is 1. The van der Waals surface area contributed by atoms with E-state index in [0.717, 1.165) is 12.1 Å². The Hall–Kier alpha value is -1.11. The van der Waals surface area contributed by atoms with Gasteiger partial charge in [-0.2, -0.15) is 13.2 Å². The monoisotopic (exact) mass is 303 g/mol. The maximum Gasteiger partial charge on any atom is 0.416 e. The van der Waals surface area contributed by atoms with Crippen molar-refractivity contribution in [3.63, 3.8) is 0 Å². The number of hydrogen-bond acceptors (Lipinski definition) is 3. The van der Waals surface area contributed by atoms with Crippen molar-refractivity contribution in [3.8, 4) is 0 Å². The van der Waals surface area contributed by atoms with Crippen molar-refractivity contribution < 1.29 is 23.0 Å². The smallest absolute Gasteiger partial charge is 0.387 e. The number of benzene rings is 1. The summed E-state index contributed by atoms with van der Waals surface area (Å²) in [7, 11) is 0. The number of rotatable bonds is 3. The number of morpholine rings is 1. The molecular formula is C15H20F3NO2. The molecule has 1 N–H and O–H groups in total. The summed E-state index contributed by atoms with van der Waals surface area (Å²) in [4.78, 5) is 2.02. The maximum absolute atomic E-state index is 12.7. The Labute approximate surface area is 122 Å². The van der Waals surface area contributed by atoms with E-state index < -0.39 is 17.8 Å². The highest BCUT2D eigenvalue weighted by atomic mass is 19.4. The van der Waals surface area contributed by atoms with Crippen LogP contribution in [0.1, 0.15) is 31.1 Å². The van der Waals surface area contributed by atoms with Crippen LogP contribution in [0.3, 0.4) is 0 Å². The first-order valence-electron chi connectivity index (χ1n) is 6.98. The molecule has 21 heavy (non-hydrogen) atoms. The average Bonchev–Trinajstić information content (AvgIpc) is 2.36. The summed E-state index contributed by atoms with van der Waals surface area (Å²) < 4.78 is 43.6. The van der Waals surface area contributed by atoms with Crippen molar-refractivity contribution in [2.24, 2.45) is 0 Å². The van der Waals surface area contributed by atoms with Gasteiger partial charge in [0.05, 0.1) is 23.9 Å². The van der Waals surface area contributed by atoms with Gasteiger partial charge < -0.3 is 9.84 Å². The van der Waals surface area contributed by atoms with Gasteiger partial charge in [0.2, 0.25) is 0 Å². The molecule has 0 bridgehead atoms. The molecule has 1 saturated heterocycles. The molecular weight excluding hydrogens is 283 g/mol. The first kappa shape index (κ1) is 16.3. The minimum absolute atomic E-state index is 0.0578. The van der Waals surface area contributed by atoms with Gasteiger partial charge in [0, 0.05) is 19.6 Å². The molecule has 1 aliphatic rings. The number of β-amino-alcohol motifs (C(OH)–C–C–N with tert-alkyl or cyclic N) is 1. The molecule has 0 amide bonds. The number of ether oxygens (including phenoxy) is 1. The van der Waals surface area contributed by atoms with E-state index in [4.69, 9.17) is 4.74 Å². The van der Waals surface area contributed by atoms with Crippen LogP contribution in [-0.4, -0.2) is 41.8 Å². The normalized spacial score (nSPS) is 25.8. The zero-order chi connectivity index (χ0) is 15.6. The number of alkyl halides is 3. The molecule has 1 aromatic carbocycles. The van der Waals surface area contributed by atoms with E-state index in [1.54, 1.807) is 0 Å². The van der Waals surface area contributed by atoms with E-state index in [2.05, 4.69) is 0 Å². The molecule has 3 unspecified atom stereocenters. The Morgan fingerprint density at radius 1 is 1.29 bits per heavy atom. The number of halogens is 3. The summed E-state index contributed by atoms with van der Waals surface area (Å²) in [6.45, 7) is 5.53. The SMILES string of the molecule is CC1CN(CC(O)c2cccc(C(F)(F)F)c2)CC(C)O1. The van der Waals surface area contributed by atoms with Crippen molar-refractivity contribution in [1.82, 2.24) is 4.90 Å². The van der Waals surface area contributed by atoms with Crippen LogP contribution in [0.25, 0.3) is 0 Å². The largest absolute Gasteiger partial charge is 0.416 e. The van der Waals surface area contributed by atoms with Crippen LogP contribution < -0.4 is 0 Å². The van der Waals surface area contributed by atoms with Crippen LogP contribution in [0.2, 0.25) is 0 Å². The summed E-state index contributed by atoms with van der Waals surface area (Å²) in [5.74, 6) is 0. The third kappa shape index (κ3) is 4.43. The molecule has 0 radical (unpaired) electrons. The van der Waals surface area contributed by atoms with Gasteiger partial charge >= 0.3 is 6.18 Å². The third-order valence-corrected chi connectivity index (χ3v) is 3.53. The van der Waals surface area contributed by atoms with Crippen LogP contribution in [-0.2, 0) is 10.9 Å². The number of aliphatic hydroxyl groups excluding tert-OH is 1. The van der Waals surface area contributed by atoms with E-state index in [0.29, 0.717) is 19.6 Å². The Balaban J connectivity index is 2.05. The minimum atomic E-state index is -4.39. The van der Waals surface area contributed by atoms with Crippen LogP contribution in [0, 0.1) is 0 Å². The molecule has 1 aliphatic heterocycles. The third-order valence-electron chi connectivity index (χ3n) is 3.53. The lowest BCUT2D eigenvalue weighted by molar-refractivity contribution is -0.137. The van der Waals surface area contributed by atoms with E-state index in [-0.39, 0.29) is 17.8 Å². The molecule has 118 valence electrons. The molecule has 1 fully saturated rings. The lowest BCUT2D eigenvalue weighted by Crippen LogP contribution is -2.46. The molecule has 0 spiro atoms. The Kier molecular flexibility index (Phi) is 4.91. The zero-order valence-corrected chi connectivity index (χ0v) is 12.1. The fourth-order valence-electron chi connectivity index (χ4n) is 2.71. The highest BCUT2D eigenvalue weighted by Crippen LogP contribution is 2.31. The zero-order valence-electron chi connectivity index (χ0n) is 12.1. The topological polar surface area (TPSA) is 32.7 Å². The fraction of sp³-hybridized carbons (Fsp3) is 0.600. The molecule has 0 aromatic heterocycles. The van der Waals surface area contributed by atoms with Crippen LogP contribution >= 0.6 is 0 Å². The van der Waals surface area contributed by atoms with Gasteiger partial charge in [-0.05, 0) is 31.5 Å². The van der Waals surface area contributed by atoms with Gasteiger partial charge in [-0.1, -0.05) is 12.1 Å².